The number of imidazole rings is 1. The molecule has 1 unspecified atom stereocenters. The van der Waals surface area contributed by atoms with Crippen LogP contribution in [0.3, 0.4) is 0 Å². The minimum Gasteiger partial charge on any atom is -1.00 e. The molecule has 2 heterocycles. The van der Waals surface area contributed by atoms with Gasteiger partial charge in [-0.3, -0.25) is 4.79 Å². The first kappa shape index (κ1) is 18.2. The quantitative estimate of drug-likeness (QED) is 0.464. The molecule has 4 nitrogen and oxygen atoms in total. The molecule has 0 aliphatic carbocycles. The first-order chi connectivity index (χ1) is 11.6. The maximum atomic E-state index is 12.7. The van der Waals surface area contributed by atoms with Crippen LogP contribution in [0.5, 0.6) is 0 Å². The molecule has 0 fully saturated rings. The summed E-state index contributed by atoms with van der Waals surface area (Å²) in [7, 11) is 0. The Balaban J connectivity index is 0.00000182. The van der Waals surface area contributed by atoms with E-state index in [0.29, 0.717) is 18.8 Å². The van der Waals surface area contributed by atoms with E-state index in [1.807, 2.05) is 55.5 Å². The smallest absolute Gasteiger partial charge is 0.319 e. The van der Waals surface area contributed by atoms with Crippen molar-refractivity contribution < 1.29 is 31.4 Å². The van der Waals surface area contributed by atoms with Crippen molar-refractivity contribution in [1.29, 1.82) is 0 Å². The second-order valence-electron chi connectivity index (χ2n) is 6.22. The number of carbonyl (C=O) groups excluding carboxylic acids is 1. The van der Waals surface area contributed by atoms with Gasteiger partial charge in [0.25, 0.3) is 0 Å². The van der Waals surface area contributed by atoms with E-state index in [9.17, 15) is 9.90 Å². The van der Waals surface area contributed by atoms with Crippen LogP contribution in [0.4, 0.5) is 0 Å². The van der Waals surface area contributed by atoms with Crippen LogP contribution in [0.15, 0.2) is 53.7 Å². The minimum atomic E-state index is -0.348. The summed E-state index contributed by atoms with van der Waals surface area (Å²) in [5.41, 5.74) is 3.98. The Morgan fingerprint density at radius 2 is 1.96 bits per heavy atom. The van der Waals surface area contributed by atoms with Crippen LogP contribution < -0.4 is 21.5 Å². The number of Topliss-reactive ketones (excluding diaryl/α,β-unsaturated/α-hetero) is 1. The van der Waals surface area contributed by atoms with Crippen molar-refractivity contribution in [3.05, 3.63) is 59.7 Å². The summed E-state index contributed by atoms with van der Waals surface area (Å²) in [5.74, 6) is 0.764. The number of fused-ring (bicyclic) bond motifs is 3. The molecule has 0 amide bonds. The van der Waals surface area contributed by atoms with Crippen molar-refractivity contribution >= 4 is 28.6 Å². The molecule has 1 atom stereocenters. The van der Waals surface area contributed by atoms with Crippen LogP contribution in [0.1, 0.15) is 15.9 Å². The molecule has 0 bridgehead atoms. The highest BCUT2D eigenvalue weighted by molar-refractivity contribution is 7.99. The average molecular weight is 419 g/mol. The lowest BCUT2D eigenvalue weighted by Crippen LogP contribution is -3.00. The van der Waals surface area contributed by atoms with Crippen molar-refractivity contribution in [3.8, 4) is 0 Å². The number of carbonyl (C=O) groups is 1. The second-order valence-corrected chi connectivity index (χ2v) is 7.21. The van der Waals surface area contributed by atoms with Gasteiger partial charge in [0.15, 0.2) is 17.6 Å². The third-order valence-electron chi connectivity index (χ3n) is 4.40. The summed E-state index contributed by atoms with van der Waals surface area (Å²) in [6, 6.07) is 15.8. The Kier molecular flexibility index (Phi) is 5.32. The lowest BCUT2D eigenvalue weighted by molar-refractivity contribution is -0.717. The molecular formula is C19H19BrN2O2S. The Hall–Kier alpha value is -1.63. The molecule has 3 aromatic rings. The minimum absolute atomic E-state index is 0. The Morgan fingerprint density at radius 3 is 2.72 bits per heavy atom. The number of nitrogens with zero attached hydrogens (tertiary/aromatic N) is 2. The number of hydrogen-bond acceptors (Lipinski definition) is 3. The van der Waals surface area contributed by atoms with Crippen LogP contribution >= 0.6 is 11.8 Å². The number of benzene rings is 2. The fourth-order valence-electron chi connectivity index (χ4n) is 3.17. The number of aryl methyl sites for hydroxylation is 1. The predicted molar refractivity (Wildman–Crippen MR) is 94.4 cm³/mol. The van der Waals surface area contributed by atoms with E-state index >= 15 is 0 Å². The summed E-state index contributed by atoms with van der Waals surface area (Å²) in [5, 5.41) is 11.0. The zero-order chi connectivity index (χ0) is 16.7. The van der Waals surface area contributed by atoms with Gasteiger partial charge in [0.1, 0.15) is 12.6 Å². The molecule has 1 aliphatic rings. The van der Waals surface area contributed by atoms with Gasteiger partial charge in [-0.1, -0.05) is 42.0 Å². The zero-order valence-corrected chi connectivity index (χ0v) is 16.3. The lowest BCUT2D eigenvalue weighted by atomic mass is 10.1. The van der Waals surface area contributed by atoms with Crippen LogP contribution in [0.2, 0.25) is 0 Å². The SMILES string of the molecule is Cc1ccc(C(=O)Cn2c3[n+](c4ccccc42)CC(O)CS3)cc1.[Br-]. The number of para-hydroxylation sites is 2. The van der Waals surface area contributed by atoms with Gasteiger partial charge in [-0.15, -0.1) is 0 Å². The summed E-state index contributed by atoms with van der Waals surface area (Å²) in [4.78, 5) is 12.7. The van der Waals surface area contributed by atoms with Gasteiger partial charge >= 0.3 is 5.16 Å². The number of aliphatic hydroxyl groups is 1. The summed E-state index contributed by atoms with van der Waals surface area (Å²) in [6.07, 6.45) is -0.348. The van der Waals surface area contributed by atoms with Crippen molar-refractivity contribution in [2.75, 3.05) is 5.75 Å². The summed E-state index contributed by atoms with van der Waals surface area (Å²) < 4.78 is 4.20. The Labute approximate surface area is 161 Å². The van der Waals surface area contributed by atoms with Gasteiger partial charge in [0.2, 0.25) is 5.78 Å². The number of aromatic nitrogens is 2. The van der Waals surface area contributed by atoms with Crippen LogP contribution in [-0.4, -0.2) is 27.3 Å². The monoisotopic (exact) mass is 418 g/mol. The first-order valence-corrected chi connectivity index (χ1v) is 9.04. The molecule has 130 valence electrons. The normalized spacial score (nSPS) is 16.3. The van der Waals surface area contributed by atoms with Gasteiger partial charge in [0.05, 0.1) is 0 Å². The van der Waals surface area contributed by atoms with Crippen molar-refractivity contribution in [2.45, 2.75) is 31.3 Å². The number of halogens is 1. The maximum Gasteiger partial charge on any atom is 0.319 e. The third kappa shape index (κ3) is 3.38. The zero-order valence-electron chi connectivity index (χ0n) is 13.9. The van der Waals surface area contributed by atoms with E-state index in [-0.39, 0.29) is 28.9 Å². The topological polar surface area (TPSA) is 46.1 Å². The van der Waals surface area contributed by atoms with E-state index in [4.69, 9.17) is 0 Å². The van der Waals surface area contributed by atoms with E-state index in [1.54, 1.807) is 11.8 Å². The molecule has 0 radical (unpaired) electrons. The van der Waals surface area contributed by atoms with Gasteiger partial charge in [-0.25, -0.2) is 9.13 Å². The highest BCUT2D eigenvalue weighted by atomic mass is 79.9. The number of aliphatic hydroxyl groups excluding tert-OH is 1. The van der Waals surface area contributed by atoms with Gasteiger partial charge in [-0.05, 0) is 30.8 Å². The highest BCUT2D eigenvalue weighted by Crippen LogP contribution is 2.27. The molecule has 25 heavy (non-hydrogen) atoms. The van der Waals surface area contributed by atoms with E-state index in [0.717, 1.165) is 27.3 Å². The average Bonchev–Trinajstić information content (AvgIpc) is 2.89. The molecule has 6 heteroatoms. The van der Waals surface area contributed by atoms with Gasteiger partial charge < -0.3 is 22.1 Å². The molecule has 1 aromatic heterocycles. The van der Waals surface area contributed by atoms with Gasteiger partial charge in [0, 0.05) is 11.3 Å². The van der Waals surface area contributed by atoms with E-state index in [2.05, 4.69) is 9.13 Å². The number of rotatable bonds is 3. The lowest BCUT2D eigenvalue weighted by Gasteiger charge is -2.14. The largest absolute Gasteiger partial charge is 1.00 e. The summed E-state index contributed by atoms with van der Waals surface area (Å²) in [6.45, 7) is 2.91. The molecule has 2 aromatic carbocycles. The molecular weight excluding hydrogens is 400 g/mol. The van der Waals surface area contributed by atoms with E-state index < -0.39 is 0 Å². The first-order valence-electron chi connectivity index (χ1n) is 8.05. The molecule has 4 rings (SSSR count). The van der Waals surface area contributed by atoms with Gasteiger partial charge in [-0.2, -0.15) is 0 Å². The van der Waals surface area contributed by atoms with Crippen LogP contribution in [0, 0.1) is 6.92 Å². The second kappa shape index (κ2) is 7.32. The van der Waals surface area contributed by atoms with Crippen LogP contribution in [0.25, 0.3) is 11.0 Å². The number of ketones is 1. The van der Waals surface area contributed by atoms with Crippen LogP contribution in [-0.2, 0) is 13.1 Å². The molecule has 1 N–H and O–H groups in total. The van der Waals surface area contributed by atoms with Crippen molar-refractivity contribution in [1.82, 2.24) is 4.57 Å². The Bertz CT molecular complexity index is 921. The van der Waals surface area contributed by atoms with Crippen molar-refractivity contribution in [2.24, 2.45) is 0 Å². The predicted octanol–water partition coefficient (Wildman–Crippen LogP) is -0.409. The fraction of sp³-hybridized carbons (Fsp3) is 0.263. The third-order valence-corrected chi connectivity index (χ3v) is 5.65. The molecule has 0 saturated heterocycles. The molecule has 0 spiro atoms. The molecule has 1 aliphatic heterocycles. The summed E-state index contributed by atoms with van der Waals surface area (Å²) >= 11 is 1.61. The van der Waals surface area contributed by atoms with Crippen molar-refractivity contribution in [3.63, 3.8) is 0 Å². The maximum absolute atomic E-state index is 12.7. The Morgan fingerprint density at radius 1 is 1.24 bits per heavy atom. The number of hydrogen-bond donors (Lipinski definition) is 1. The molecule has 0 saturated carbocycles. The highest BCUT2D eigenvalue weighted by Gasteiger charge is 2.32. The number of thioether (sulfide) groups is 1. The van der Waals surface area contributed by atoms with E-state index in [1.165, 1.54) is 0 Å². The standard InChI is InChI=1S/C19H19N2O2S.BrH/c1-13-6-8-14(9-7-13)18(23)11-21-17-5-3-2-4-16(17)20-10-15(22)12-24-19(20)21;/h2-9,15,22H,10-12H2,1H3;1H/q+1;/p-1. The fourth-order valence-corrected chi connectivity index (χ4v) is 4.26.